The Morgan fingerprint density at radius 2 is 2.04 bits per heavy atom. The van der Waals surface area contributed by atoms with Crippen LogP contribution in [0.5, 0.6) is 5.75 Å². The van der Waals surface area contributed by atoms with Crippen LogP contribution in [0.4, 0.5) is 0 Å². The SMILES string of the molecule is C/C(=N/NC(=O)c1ccccc1O)c1cccc(-n2cnnn2)c1. The number of rotatable bonds is 4. The van der Waals surface area contributed by atoms with Crippen molar-refractivity contribution in [2.45, 2.75) is 6.92 Å². The van der Waals surface area contributed by atoms with Gasteiger partial charge in [0.05, 0.1) is 17.0 Å². The summed E-state index contributed by atoms with van der Waals surface area (Å²) in [6, 6.07) is 13.7. The highest BCUT2D eigenvalue weighted by atomic mass is 16.3. The predicted molar refractivity (Wildman–Crippen MR) is 86.9 cm³/mol. The summed E-state index contributed by atoms with van der Waals surface area (Å²) in [5, 5.41) is 24.8. The van der Waals surface area contributed by atoms with Crippen molar-refractivity contribution >= 4 is 11.6 Å². The van der Waals surface area contributed by atoms with Crippen molar-refractivity contribution in [3.8, 4) is 11.4 Å². The first-order valence-corrected chi connectivity index (χ1v) is 7.11. The zero-order valence-corrected chi connectivity index (χ0v) is 12.8. The van der Waals surface area contributed by atoms with Crippen LogP contribution < -0.4 is 5.43 Å². The van der Waals surface area contributed by atoms with E-state index in [0.29, 0.717) is 5.71 Å². The zero-order valence-electron chi connectivity index (χ0n) is 12.8. The fourth-order valence-corrected chi connectivity index (χ4v) is 2.08. The highest BCUT2D eigenvalue weighted by Gasteiger charge is 2.09. The largest absolute Gasteiger partial charge is 0.507 e. The molecule has 0 bridgehead atoms. The van der Waals surface area contributed by atoms with Crippen LogP contribution in [-0.2, 0) is 0 Å². The monoisotopic (exact) mass is 322 g/mol. The molecule has 8 nitrogen and oxygen atoms in total. The molecule has 2 aromatic carbocycles. The summed E-state index contributed by atoms with van der Waals surface area (Å²) in [5.74, 6) is -0.576. The first-order valence-electron chi connectivity index (χ1n) is 7.11. The van der Waals surface area contributed by atoms with E-state index in [2.05, 4.69) is 26.1 Å². The summed E-state index contributed by atoms with van der Waals surface area (Å²) in [4.78, 5) is 12.0. The van der Waals surface area contributed by atoms with E-state index in [1.165, 1.54) is 23.1 Å². The van der Waals surface area contributed by atoms with Crippen molar-refractivity contribution in [1.82, 2.24) is 25.6 Å². The van der Waals surface area contributed by atoms with Gasteiger partial charge in [-0.3, -0.25) is 4.79 Å². The molecule has 1 amide bonds. The zero-order chi connectivity index (χ0) is 16.9. The van der Waals surface area contributed by atoms with Crippen LogP contribution in [0.25, 0.3) is 5.69 Å². The van der Waals surface area contributed by atoms with Gasteiger partial charge in [-0.15, -0.1) is 5.10 Å². The molecule has 0 spiro atoms. The van der Waals surface area contributed by atoms with Crippen LogP contribution in [0, 0.1) is 0 Å². The number of benzene rings is 2. The molecule has 0 radical (unpaired) electrons. The molecular weight excluding hydrogens is 308 g/mol. The molecule has 0 saturated carbocycles. The number of hydrogen-bond donors (Lipinski definition) is 2. The van der Waals surface area contributed by atoms with E-state index in [0.717, 1.165) is 11.3 Å². The quantitative estimate of drug-likeness (QED) is 0.559. The molecule has 120 valence electrons. The van der Waals surface area contributed by atoms with Crippen LogP contribution in [-0.4, -0.2) is 36.9 Å². The number of tetrazole rings is 1. The number of phenols is 1. The van der Waals surface area contributed by atoms with Gasteiger partial charge in [0.25, 0.3) is 5.91 Å². The van der Waals surface area contributed by atoms with Crippen LogP contribution in [0.15, 0.2) is 60.0 Å². The molecule has 0 unspecified atom stereocenters. The number of aromatic nitrogens is 4. The predicted octanol–water partition coefficient (Wildman–Crippen LogP) is 1.52. The molecule has 0 aliphatic rings. The molecule has 1 heterocycles. The lowest BCUT2D eigenvalue weighted by molar-refractivity contribution is 0.0952. The summed E-state index contributed by atoms with van der Waals surface area (Å²) in [5.41, 5.74) is 4.79. The second-order valence-corrected chi connectivity index (χ2v) is 4.96. The van der Waals surface area contributed by atoms with Gasteiger partial charge in [0.2, 0.25) is 0 Å². The summed E-state index contributed by atoms with van der Waals surface area (Å²) in [7, 11) is 0. The van der Waals surface area contributed by atoms with Gasteiger partial charge in [-0.05, 0) is 47.2 Å². The highest BCUT2D eigenvalue weighted by Crippen LogP contribution is 2.15. The van der Waals surface area contributed by atoms with Gasteiger partial charge >= 0.3 is 0 Å². The molecule has 0 fully saturated rings. The maximum absolute atomic E-state index is 12.0. The van der Waals surface area contributed by atoms with Crippen molar-refractivity contribution in [2.24, 2.45) is 5.10 Å². The van der Waals surface area contributed by atoms with Crippen LogP contribution in [0.1, 0.15) is 22.8 Å². The minimum absolute atomic E-state index is 0.0940. The Hall–Kier alpha value is -3.55. The van der Waals surface area contributed by atoms with Gasteiger partial charge in [-0.2, -0.15) is 5.10 Å². The third kappa shape index (κ3) is 3.27. The number of nitrogens with zero attached hydrogens (tertiary/aromatic N) is 5. The average molecular weight is 322 g/mol. The molecular formula is C16H14N6O2. The highest BCUT2D eigenvalue weighted by molar-refractivity contribution is 6.01. The number of phenolic OH excluding ortho intramolecular Hbond substituents is 1. The van der Waals surface area contributed by atoms with E-state index < -0.39 is 5.91 Å². The Labute approximate surface area is 137 Å². The Bertz CT molecular complexity index is 889. The van der Waals surface area contributed by atoms with Crippen LogP contribution >= 0.6 is 0 Å². The molecule has 24 heavy (non-hydrogen) atoms. The Morgan fingerprint density at radius 1 is 1.21 bits per heavy atom. The molecule has 0 saturated heterocycles. The maximum Gasteiger partial charge on any atom is 0.275 e. The fourth-order valence-electron chi connectivity index (χ4n) is 2.08. The van der Waals surface area contributed by atoms with Gasteiger partial charge in [0.1, 0.15) is 12.1 Å². The van der Waals surface area contributed by atoms with E-state index in [1.54, 1.807) is 19.1 Å². The molecule has 0 aliphatic heterocycles. The second-order valence-electron chi connectivity index (χ2n) is 4.96. The number of hydrogen-bond acceptors (Lipinski definition) is 6. The van der Waals surface area contributed by atoms with Crippen molar-refractivity contribution in [3.05, 3.63) is 66.0 Å². The molecule has 8 heteroatoms. The van der Waals surface area contributed by atoms with Crippen molar-refractivity contribution in [3.63, 3.8) is 0 Å². The van der Waals surface area contributed by atoms with Crippen LogP contribution in [0.2, 0.25) is 0 Å². The van der Waals surface area contributed by atoms with Gasteiger partial charge in [-0.1, -0.05) is 24.3 Å². The standard InChI is InChI=1S/C16H14N6O2/c1-11(18-19-16(24)14-7-2-3-8-15(14)23)12-5-4-6-13(9-12)22-10-17-20-21-22/h2-10,23H,1H3,(H,19,24)/b18-11-. The maximum atomic E-state index is 12.0. The number of amides is 1. The van der Waals surface area contributed by atoms with E-state index in [1.807, 2.05) is 24.3 Å². The number of hydrazone groups is 1. The third-order valence-electron chi connectivity index (χ3n) is 3.35. The summed E-state index contributed by atoms with van der Waals surface area (Å²) in [6.45, 7) is 1.77. The number of carbonyl (C=O) groups excluding carboxylic acids is 1. The second kappa shape index (κ2) is 6.69. The van der Waals surface area contributed by atoms with E-state index in [-0.39, 0.29) is 11.3 Å². The smallest absolute Gasteiger partial charge is 0.275 e. The van der Waals surface area contributed by atoms with E-state index in [9.17, 15) is 9.90 Å². The average Bonchev–Trinajstić information content (AvgIpc) is 3.14. The van der Waals surface area contributed by atoms with Crippen molar-refractivity contribution in [2.75, 3.05) is 0 Å². The molecule has 3 rings (SSSR count). The Morgan fingerprint density at radius 3 is 2.79 bits per heavy atom. The lowest BCUT2D eigenvalue weighted by atomic mass is 10.1. The Kier molecular flexibility index (Phi) is 4.28. The fraction of sp³-hybridized carbons (Fsp3) is 0.0625. The molecule has 1 aromatic heterocycles. The Balaban J connectivity index is 1.78. The first kappa shape index (κ1) is 15.3. The number of nitrogens with one attached hydrogen (secondary N) is 1. The normalized spacial score (nSPS) is 11.3. The topological polar surface area (TPSA) is 105 Å². The van der Waals surface area contributed by atoms with E-state index >= 15 is 0 Å². The van der Waals surface area contributed by atoms with Gasteiger partial charge in [0, 0.05) is 0 Å². The number of aromatic hydroxyl groups is 1. The van der Waals surface area contributed by atoms with E-state index in [4.69, 9.17) is 0 Å². The molecule has 0 atom stereocenters. The third-order valence-corrected chi connectivity index (χ3v) is 3.35. The van der Waals surface area contributed by atoms with Crippen molar-refractivity contribution < 1.29 is 9.90 Å². The first-order chi connectivity index (χ1) is 11.6. The lowest BCUT2D eigenvalue weighted by Crippen LogP contribution is -2.19. The molecule has 2 N–H and O–H groups in total. The number of carbonyl (C=O) groups is 1. The summed E-state index contributed by atoms with van der Waals surface area (Å²) < 4.78 is 1.53. The minimum Gasteiger partial charge on any atom is -0.507 e. The number of para-hydroxylation sites is 1. The minimum atomic E-state index is -0.482. The van der Waals surface area contributed by atoms with Gasteiger partial charge < -0.3 is 5.11 Å². The summed E-state index contributed by atoms with van der Waals surface area (Å²) in [6.07, 6.45) is 1.49. The summed E-state index contributed by atoms with van der Waals surface area (Å²) >= 11 is 0. The van der Waals surface area contributed by atoms with Gasteiger partial charge in [0.15, 0.2) is 0 Å². The lowest BCUT2D eigenvalue weighted by Gasteiger charge is -2.06. The van der Waals surface area contributed by atoms with Crippen molar-refractivity contribution in [1.29, 1.82) is 0 Å². The molecule has 3 aromatic rings. The van der Waals surface area contributed by atoms with Gasteiger partial charge in [-0.25, -0.2) is 10.1 Å². The molecule has 0 aliphatic carbocycles. The van der Waals surface area contributed by atoms with Crippen LogP contribution in [0.3, 0.4) is 0 Å².